The fourth-order valence-electron chi connectivity index (χ4n) is 7.45. The van der Waals surface area contributed by atoms with Crippen molar-refractivity contribution in [3.63, 3.8) is 0 Å². The van der Waals surface area contributed by atoms with Crippen molar-refractivity contribution >= 4 is 65.4 Å². The van der Waals surface area contributed by atoms with E-state index in [4.69, 9.17) is 9.40 Å². The lowest BCUT2D eigenvalue weighted by Crippen LogP contribution is -2.03. The standard InChI is InChI=1S/C44H28N2O/c1-27-33-15-7-9-17-38(33)45-43(30-21-19-29(20-22-30)28-11-3-2-4-12-28)44(27)46-39-24-32-14-6-5-13-31(32)23-35(39)36-25-37-34-16-8-10-18-41(34)47-42(37)26-40(36)46/h2-26H,1H3. The number of pyridine rings is 1. The maximum atomic E-state index is 6.47. The summed E-state index contributed by atoms with van der Waals surface area (Å²) in [4.78, 5) is 5.39. The SMILES string of the molecule is Cc1c(-n2c3cc4ccccc4cc3c3cc4c(cc32)oc2ccccc24)c(-c2ccc(-c3ccccc3)cc2)nc2ccccc12. The monoisotopic (exact) mass is 600 g/mol. The summed E-state index contributed by atoms with van der Waals surface area (Å²) in [7, 11) is 0. The van der Waals surface area contributed by atoms with Gasteiger partial charge in [-0.3, -0.25) is 0 Å². The van der Waals surface area contributed by atoms with Crippen LogP contribution in [0.15, 0.2) is 156 Å². The van der Waals surface area contributed by atoms with Gasteiger partial charge in [0.1, 0.15) is 11.2 Å². The highest BCUT2D eigenvalue weighted by atomic mass is 16.3. The molecule has 10 aromatic rings. The van der Waals surface area contributed by atoms with Gasteiger partial charge in [0.2, 0.25) is 0 Å². The number of nitrogens with zero attached hydrogens (tertiary/aromatic N) is 2. The highest BCUT2D eigenvalue weighted by Gasteiger charge is 2.23. The molecule has 0 spiro atoms. The predicted octanol–water partition coefficient (Wildman–Crippen LogP) is 12.0. The zero-order chi connectivity index (χ0) is 31.1. The summed E-state index contributed by atoms with van der Waals surface area (Å²) in [5.74, 6) is 0. The topological polar surface area (TPSA) is 31.0 Å². The maximum Gasteiger partial charge on any atom is 0.137 e. The molecule has 0 saturated carbocycles. The van der Waals surface area contributed by atoms with Crippen LogP contribution >= 0.6 is 0 Å². The Morgan fingerprint density at radius 3 is 1.91 bits per heavy atom. The lowest BCUT2D eigenvalue weighted by molar-refractivity contribution is 0.669. The Hall–Kier alpha value is -6.19. The van der Waals surface area contributed by atoms with E-state index < -0.39 is 0 Å². The van der Waals surface area contributed by atoms with Crippen LogP contribution in [-0.4, -0.2) is 9.55 Å². The Balaban J connectivity index is 1.34. The summed E-state index contributed by atoms with van der Waals surface area (Å²) in [5.41, 5.74) is 11.7. The molecule has 0 aliphatic heterocycles. The third-order valence-electron chi connectivity index (χ3n) is 9.74. The Labute approximate surface area is 270 Å². The van der Waals surface area contributed by atoms with Crippen molar-refractivity contribution in [3.05, 3.63) is 157 Å². The van der Waals surface area contributed by atoms with Gasteiger partial charge in [0.05, 0.1) is 27.9 Å². The summed E-state index contributed by atoms with van der Waals surface area (Å²) < 4.78 is 8.90. The molecule has 3 nitrogen and oxygen atoms in total. The second-order valence-electron chi connectivity index (χ2n) is 12.4. The van der Waals surface area contributed by atoms with Crippen molar-refractivity contribution in [1.29, 1.82) is 0 Å². The van der Waals surface area contributed by atoms with Crippen LogP contribution in [0.2, 0.25) is 0 Å². The summed E-state index contributed by atoms with van der Waals surface area (Å²) in [6.07, 6.45) is 0. The first kappa shape index (κ1) is 26.1. The van der Waals surface area contributed by atoms with Crippen LogP contribution in [0, 0.1) is 6.92 Å². The number of aromatic nitrogens is 2. The van der Waals surface area contributed by atoms with E-state index >= 15 is 0 Å². The van der Waals surface area contributed by atoms with Gasteiger partial charge in [-0.05, 0) is 64.7 Å². The van der Waals surface area contributed by atoms with E-state index in [0.29, 0.717) is 0 Å². The molecule has 0 bridgehead atoms. The van der Waals surface area contributed by atoms with Gasteiger partial charge in [-0.2, -0.15) is 0 Å². The van der Waals surface area contributed by atoms with Crippen LogP contribution in [0.5, 0.6) is 0 Å². The molecule has 0 saturated heterocycles. The van der Waals surface area contributed by atoms with Gasteiger partial charge in [-0.25, -0.2) is 4.98 Å². The molecular weight excluding hydrogens is 572 g/mol. The van der Waals surface area contributed by atoms with E-state index in [1.54, 1.807) is 0 Å². The molecule has 7 aromatic carbocycles. The molecule has 220 valence electrons. The molecule has 0 aliphatic rings. The summed E-state index contributed by atoms with van der Waals surface area (Å²) >= 11 is 0. The molecule has 0 aliphatic carbocycles. The lowest BCUT2D eigenvalue weighted by Gasteiger charge is -2.19. The number of furan rings is 1. The van der Waals surface area contributed by atoms with Crippen molar-refractivity contribution in [2.45, 2.75) is 6.92 Å². The molecular formula is C44H28N2O. The molecule has 10 rings (SSSR count). The van der Waals surface area contributed by atoms with E-state index in [9.17, 15) is 0 Å². The third kappa shape index (κ3) is 3.90. The lowest BCUT2D eigenvalue weighted by atomic mass is 9.99. The normalized spacial score (nSPS) is 11.9. The smallest absolute Gasteiger partial charge is 0.137 e. The van der Waals surface area contributed by atoms with Crippen LogP contribution in [0.3, 0.4) is 0 Å². The first-order valence-electron chi connectivity index (χ1n) is 16.0. The minimum Gasteiger partial charge on any atom is -0.456 e. The average molecular weight is 601 g/mol. The number of benzene rings is 7. The van der Waals surface area contributed by atoms with Crippen molar-refractivity contribution in [2.75, 3.05) is 0 Å². The fourth-order valence-corrected chi connectivity index (χ4v) is 7.45. The van der Waals surface area contributed by atoms with Crippen LogP contribution in [-0.2, 0) is 0 Å². The first-order chi connectivity index (χ1) is 23.2. The molecule has 0 fully saturated rings. The number of rotatable bonds is 3. The maximum absolute atomic E-state index is 6.47. The molecule has 3 heterocycles. The number of aryl methyl sites for hydroxylation is 1. The molecule has 0 atom stereocenters. The quantitative estimate of drug-likeness (QED) is 0.202. The van der Waals surface area contributed by atoms with Gasteiger partial charge < -0.3 is 8.98 Å². The molecule has 0 amide bonds. The van der Waals surface area contributed by atoms with Crippen LogP contribution in [0.4, 0.5) is 0 Å². The van der Waals surface area contributed by atoms with Crippen LogP contribution in [0.25, 0.3) is 93.5 Å². The van der Waals surface area contributed by atoms with Gasteiger partial charge >= 0.3 is 0 Å². The minimum absolute atomic E-state index is 0.882. The Morgan fingerprint density at radius 2 is 1.09 bits per heavy atom. The Kier molecular flexibility index (Phi) is 5.49. The largest absolute Gasteiger partial charge is 0.456 e. The van der Waals surface area contributed by atoms with Gasteiger partial charge in [-0.15, -0.1) is 0 Å². The van der Waals surface area contributed by atoms with Crippen LogP contribution in [0.1, 0.15) is 5.56 Å². The van der Waals surface area contributed by atoms with E-state index in [1.165, 1.54) is 38.2 Å². The van der Waals surface area contributed by atoms with Crippen LogP contribution < -0.4 is 0 Å². The zero-order valence-electron chi connectivity index (χ0n) is 25.7. The molecule has 3 aromatic heterocycles. The number of fused-ring (bicyclic) bond motifs is 8. The molecule has 3 heteroatoms. The van der Waals surface area contributed by atoms with Gasteiger partial charge in [0, 0.05) is 38.6 Å². The zero-order valence-corrected chi connectivity index (χ0v) is 25.7. The highest BCUT2D eigenvalue weighted by Crippen LogP contribution is 2.43. The van der Waals surface area contributed by atoms with Gasteiger partial charge in [0.25, 0.3) is 0 Å². The number of hydrogen-bond donors (Lipinski definition) is 0. The molecule has 47 heavy (non-hydrogen) atoms. The van der Waals surface area contributed by atoms with E-state index in [0.717, 1.165) is 60.8 Å². The van der Waals surface area contributed by atoms with E-state index in [2.05, 4.69) is 151 Å². The number of para-hydroxylation sites is 2. The van der Waals surface area contributed by atoms with E-state index in [-0.39, 0.29) is 0 Å². The van der Waals surface area contributed by atoms with Crippen molar-refractivity contribution in [3.8, 4) is 28.1 Å². The molecule has 0 radical (unpaired) electrons. The minimum atomic E-state index is 0.882. The summed E-state index contributed by atoms with van der Waals surface area (Å²) in [6.45, 7) is 2.24. The fraction of sp³-hybridized carbons (Fsp3) is 0.0227. The highest BCUT2D eigenvalue weighted by molar-refractivity contribution is 6.19. The first-order valence-corrected chi connectivity index (χ1v) is 16.0. The average Bonchev–Trinajstić information content (AvgIpc) is 3.64. The van der Waals surface area contributed by atoms with Gasteiger partial charge in [0.15, 0.2) is 0 Å². The second kappa shape index (κ2) is 9.90. The molecule has 0 unspecified atom stereocenters. The van der Waals surface area contributed by atoms with Gasteiger partial charge in [-0.1, -0.05) is 115 Å². The van der Waals surface area contributed by atoms with Crippen molar-refractivity contribution in [2.24, 2.45) is 0 Å². The Morgan fingerprint density at radius 1 is 0.468 bits per heavy atom. The summed E-state index contributed by atoms with van der Waals surface area (Å²) in [6, 6.07) is 54.0. The van der Waals surface area contributed by atoms with E-state index in [1.807, 2.05) is 12.1 Å². The summed E-state index contributed by atoms with van der Waals surface area (Å²) in [5, 5.41) is 8.25. The van der Waals surface area contributed by atoms with Crippen molar-refractivity contribution in [1.82, 2.24) is 9.55 Å². The predicted molar refractivity (Wildman–Crippen MR) is 196 cm³/mol. The Bertz CT molecular complexity index is 2840. The number of hydrogen-bond acceptors (Lipinski definition) is 2. The molecule has 0 N–H and O–H groups in total. The second-order valence-corrected chi connectivity index (χ2v) is 12.4. The third-order valence-corrected chi connectivity index (χ3v) is 9.74. The van der Waals surface area contributed by atoms with Crippen molar-refractivity contribution < 1.29 is 4.42 Å².